The van der Waals surface area contributed by atoms with Crippen LogP contribution in [0.4, 0.5) is 0 Å². The molecule has 2 heterocycles. The van der Waals surface area contributed by atoms with Gasteiger partial charge in [0.05, 0.1) is 11.1 Å². The highest BCUT2D eigenvalue weighted by atomic mass is 35.5. The van der Waals surface area contributed by atoms with Crippen LogP contribution in [0.25, 0.3) is 10.9 Å². The van der Waals surface area contributed by atoms with Crippen molar-refractivity contribution in [3.8, 4) is 0 Å². The second-order valence-corrected chi connectivity index (χ2v) is 5.48. The van der Waals surface area contributed by atoms with E-state index in [-0.39, 0.29) is 36.8 Å². The first-order chi connectivity index (χ1) is 9.74. The van der Waals surface area contributed by atoms with E-state index in [4.69, 9.17) is 11.6 Å². The van der Waals surface area contributed by atoms with Crippen molar-refractivity contribution >= 4 is 53.2 Å². The zero-order valence-corrected chi connectivity index (χ0v) is 14.2. The summed E-state index contributed by atoms with van der Waals surface area (Å²) in [6, 6.07) is 7.43. The van der Waals surface area contributed by atoms with Gasteiger partial charge >= 0.3 is 0 Å². The van der Waals surface area contributed by atoms with Gasteiger partial charge in [-0.2, -0.15) is 0 Å². The number of rotatable bonds is 2. The standard InChI is InChI=1S/C15H16ClN3O.2ClH/c16-11-7-10-3-1-6-18-14(10)13(8-11)15(20)19-12-4-2-5-17-9-12;;/h1,3,6-8,12,17H,2,4-5,9H2,(H,19,20);2*1H. The molecule has 7 heteroatoms. The van der Waals surface area contributed by atoms with Crippen LogP contribution in [0.15, 0.2) is 30.5 Å². The van der Waals surface area contributed by atoms with Crippen LogP contribution in [-0.2, 0) is 0 Å². The number of aromatic nitrogens is 1. The minimum atomic E-state index is -0.107. The molecule has 120 valence electrons. The molecular formula is C15H18Cl3N3O. The summed E-state index contributed by atoms with van der Waals surface area (Å²) in [7, 11) is 0. The fourth-order valence-corrected chi connectivity index (χ4v) is 2.79. The molecule has 1 aliphatic rings. The summed E-state index contributed by atoms with van der Waals surface area (Å²) in [5.41, 5.74) is 1.23. The maximum atomic E-state index is 12.4. The van der Waals surface area contributed by atoms with E-state index >= 15 is 0 Å². The highest BCUT2D eigenvalue weighted by molar-refractivity contribution is 6.32. The summed E-state index contributed by atoms with van der Waals surface area (Å²) >= 11 is 6.09. The number of benzene rings is 1. The Hall–Kier alpha value is -1.07. The molecule has 0 spiro atoms. The van der Waals surface area contributed by atoms with Crippen molar-refractivity contribution in [2.45, 2.75) is 18.9 Å². The summed E-state index contributed by atoms with van der Waals surface area (Å²) in [5, 5.41) is 7.77. The number of amides is 1. The molecule has 1 atom stereocenters. The Balaban J connectivity index is 0.00000121. The molecular weight excluding hydrogens is 345 g/mol. The molecule has 22 heavy (non-hydrogen) atoms. The van der Waals surface area contributed by atoms with Gasteiger partial charge in [0.1, 0.15) is 0 Å². The van der Waals surface area contributed by atoms with Crippen LogP contribution in [0.1, 0.15) is 23.2 Å². The molecule has 1 amide bonds. The molecule has 0 saturated carbocycles. The van der Waals surface area contributed by atoms with Crippen LogP contribution >= 0.6 is 36.4 Å². The molecule has 1 unspecified atom stereocenters. The number of fused-ring (bicyclic) bond motifs is 1. The quantitative estimate of drug-likeness (QED) is 0.862. The number of halogens is 3. The molecule has 1 aromatic carbocycles. The number of nitrogens with one attached hydrogen (secondary N) is 2. The van der Waals surface area contributed by atoms with E-state index in [9.17, 15) is 4.79 Å². The third-order valence-corrected chi connectivity index (χ3v) is 3.76. The molecule has 0 aliphatic carbocycles. The smallest absolute Gasteiger partial charge is 0.253 e. The lowest BCUT2D eigenvalue weighted by Crippen LogP contribution is -2.45. The Morgan fingerprint density at radius 1 is 1.36 bits per heavy atom. The Labute approximate surface area is 146 Å². The normalized spacial score (nSPS) is 17.2. The molecule has 0 radical (unpaired) electrons. The molecule has 2 N–H and O–H groups in total. The average Bonchev–Trinajstić information content (AvgIpc) is 2.47. The van der Waals surface area contributed by atoms with Gasteiger partial charge in [0.15, 0.2) is 0 Å². The lowest BCUT2D eigenvalue weighted by atomic mass is 10.1. The van der Waals surface area contributed by atoms with Gasteiger partial charge in [-0.1, -0.05) is 17.7 Å². The topological polar surface area (TPSA) is 54.0 Å². The van der Waals surface area contributed by atoms with Gasteiger partial charge in [0.25, 0.3) is 5.91 Å². The highest BCUT2D eigenvalue weighted by Crippen LogP contribution is 2.22. The maximum absolute atomic E-state index is 12.4. The molecule has 1 aromatic heterocycles. The Morgan fingerprint density at radius 3 is 2.91 bits per heavy atom. The molecule has 2 aromatic rings. The van der Waals surface area contributed by atoms with Crippen molar-refractivity contribution in [1.82, 2.24) is 15.6 Å². The van der Waals surface area contributed by atoms with E-state index in [1.807, 2.05) is 18.2 Å². The van der Waals surface area contributed by atoms with Crippen molar-refractivity contribution in [2.24, 2.45) is 0 Å². The van der Waals surface area contributed by atoms with Crippen LogP contribution in [0.5, 0.6) is 0 Å². The highest BCUT2D eigenvalue weighted by Gasteiger charge is 2.18. The van der Waals surface area contributed by atoms with Crippen LogP contribution in [0, 0.1) is 0 Å². The first kappa shape index (κ1) is 19.0. The van der Waals surface area contributed by atoms with Crippen LogP contribution in [0.2, 0.25) is 5.02 Å². The van der Waals surface area contributed by atoms with E-state index in [0.29, 0.717) is 16.1 Å². The lowest BCUT2D eigenvalue weighted by molar-refractivity contribution is 0.0932. The van der Waals surface area contributed by atoms with Crippen LogP contribution in [0.3, 0.4) is 0 Å². The minimum Gasteiger partial charge on any atom is -0.348 e. The number of pyridine rings is 1. The van der Waals surface area contributed by atoms with Crippen molar-refractivity contribution in [3.63, 3.8) is 0 Å². The number of carbonyl (C=O) groups is 1. The van der Waals surface area contributed by atoms with Gasteiger partial charge in [0.2, 0.25) is 0 Å². The molecule has 1 fully saturated rings. The van der Waals surface area contributed by atoms with E-state index in [1.54, 1.807) is 12.3 Å². The molecule has 1 aliphatic heterocycles. The maximum Gasteiger partial charge on any atom is 0.253 e. The van der Waals surface area contributed by atoms with Crippen molar-refractivity contribution in [3.05, 3.63) is 41.0 Å². The number of piperidine rings is 1. The van der Waals surface area contributed by atoms with E-state index in [1.165, 1.54) is 0 Å². The second kappa shape index (κ2) is 8.53. The van der Waals surface area contributed by atoms with Crippen molar-refractivity contribution in [2.75, 3.05) is 13.1 Å². The predicted molar refractivity (Wildman–Crippen MR) is 94.6 cm³/mol. The van der Waals surface area contributed by atoms with Crippen LogP contribution in [-0.4, -0.2) is 30.0 Å². The average molecular weight is 363 g/mol. The van der Waals surface area contributed by atoms with Crippen molar-refractivity contribution < 1.29 is 4.79 Å². The Morgan fingerprint density at radius 2 is 2.18 bits per heavy atom. The molecule has 1 saturated heterocycles. The second-order valence-electron chi connectivity index (χ2n) is 5.05. The molecule has 0 bridgehead atoms. The van der Waals surface area contributed by atoms with Gasteiger partial charge in [-0.05, 0) is 37.6 Å². The Kier molecular flexibility index (Phi) is 7.36. The zero-order valence-electron chi connectivity index (χ0n) is 11.8. The molecule has 4 nitrogen and oxygen atoms in total. The SMILES string of the molecule is Cl.Cl.O=C(NC1CCCNC1)c1cc(Cl)cc2cccnc12. The fourth-order valence-electron chi connectivity index (χ4n) is 2.57. The van der Waals surface area contributed by atoms with Gasteiger partial charge in [0, 0.05) is 29.2 Å². The third kappa shape index (κ3) is 4.23. The first-order valence-corrected chi connectivity index (χ1v) is 7.18. The monoisotopic (exact) mass is 361 g/mol. The number of hydrogen-bond donors (Lipinski definition) is 2. The summed E-state index contributed by atoms with van der Waals surface area (Å²) in [6.45, 7) is 1.84. The Bertz CT molecular complexity index is 645. The number of carbonyl (C=O) groups excluding carboxylic acids is 1. The van der Waals surface area contributed by atoms with Crippen molar-refractivity contribution in [1.29, 1.82) is 0 Å². The van der Waals surface area contributed by atoms with Crippen LogP contribution < -0.4 is 10.6 Å². The van der Waals surface area contributed by atoms with Gasteiger partial charge in [-0.15, -0.1) is 24.8 Å². The lowest BCUT2D eigenvalue weighted by Gasteiger charge is -2.24. The number of nitrogens with zero attached hydrogens (tertiary/aromatic N) is 1. The first-order valence-electron chi connectivity index (χ1n) is 6.80. The predicted octanol–water partition coefficient (Wildman–Crippen LogP) is 3.21. The van der Waals surface area contributed by atoms with Gasteiger partial charge in [-0.3, -0.25) is 9.78 Å². The van der Waals surface area contributed by atoms with E-state index in [0.717, 1.165) is 31.3 Å². The number of hydrogen-bond acceptors (Lipinski definition) is 3. The molecule has 3 rings (SSSR count). The third-order valence-electron chi connectivity index (χ3n) is 3.55. The fraction of sp³-hybridized carbons (Fsp3) is 0.333. The summed E-state index contributed by atoms with van der Waals surface area (Å²) in [5.74, 6) is -0.107. The summed E-state index contributed by atoms with van der Waals surface area (Å²) in [4.78, 5) is 16.7. The summed E-state index contributed by atoms with van der Waals surface area (Å²) in [6.07, 6.45) is 3.78. The van der Waals surface area contributed by atoms with Gasteiger partial charge < -0.3 is 10.6 Å². The zero-order chi connectivity index (χ0) is 13.9. The summed E-state index contributed by atoms with van der Waals surface area (Å²) < 4.78 is 0. The minimum absolute atomic E-state index is 0. The van der Waals surface area contributed by atoms with E-state index < -0.39 is 0 Å². The van der Waals surface area contributed by atoms with E-state index in [2.05, 4.69) is 15.6 Å². The largest absolute Gasteiger partial charge is 0.348 e. The van der Waals surface area contributed by atoms with Gasteiger partial charge in [-0.25, -0.2) is 0 Å².